The molecule has 2 heterocycles. The van der Waals surface area contributed by atoms with E-state index in [9.17, 15) is 0 Å². The smallest absolute Gasteiger partial charge is 0.165 e. The number of ether oxygens (including phenoxy) is 2. The van der Waals surface area contributed by atoms with Gasteiger partial charge in [-0.15, -0.1) is 0 Å². The third-order valence-corrected chi connectivity index (χ3v) is 3.37. The van der Waals surface area contributed by atoms with Crippen LogP contribution in [-0.4, -0.2) is 23.1 Å². The number of aromatic nitrogens is 1. The second-order valence-electron chi connectivity index (χ2n) is 5.69. The predicted molar refractivity (Wildman–Crippen MR) is 73.5 cm³/mol. The summed E-state index contributed by atoms with van der Waals surface area (Å²) in [4.78, 5) is 3.17. The lowest BCUT2D eigenvalue weighted by molar-refractivity contribution is -0.164. The van der Waals surface area contributed by atoms with Crippen LogP contribution in [0, 0.1) is 6.07 Å². The van der Waals surface area contributed by atoms with Crippen LogP contribution in [-0.2, 0) is 16.0 Å². The summed E-state index contributed by atoms with van der Waals surface area (Å²) < 4.78 is 11.5. The number of hydrogen-bond donors (Lipinski definition) is 2. The Labute approximate surface area is 113 Å². The first-order valence-electron chi connectivity index (χ1n) is 6.53. The SMILES string of the molecule is CC1(NCc2ccc3[c]c[nH]c3c2)COC(C)(C)O1. The van der Waals surface area contributed by atoms with Gasteiger partial charge in [0.05, 0.1) is 6.61 Å². The van der Waals surface area contributed by atoms with Crippen molar-refractivity contribution < 1.29 is 9.47 Å². The van der Waals surface area contributed by atoms with Crippen LogP contribution < -0.4 is 5.32 Å². The fraction of sp³-hybridized carbons (Fsp3) is 0.467. The zero-order valence-corrected chi connectivity index (χ0v) is 11.5. The quantitative estimate of drug-likeness (QED) is 0.890. The van der Waals surface area contributed by atoms with Crippen molar-refractivity contribution in [2.24, 2.45) is 0 Å². The Bertz CT molecular complexity index is 591. The molecule has 0 aliphatic carbocycles. The van der Waals surface area contributed by atoms with Crippen molar-refractivity contribution >= 4 is 10.9 Å². The highest BCUT2D eigenvalue weighted by Crippen LogP contribution is 2.28. The van der Waals surface area contributed by atoms with Gasteiger partial charge >= 0.3 is 0 Å². The van der Waals surface area contributed by atoms with Gasteiger partial charge in [0.1, 0.15) is 5.72 Å². The molecule has 0 spiro atoms. The molecule has 101 valence electrons. The molecule has 2 N–H and O–H groups in total. The van der Waals surface area contributed by atoms with Crippen molar-refractivity contribution in [2.45, 2.75) is 38.8 Å². The van der Waals surface area contributed by atoms with E-state index in [-0.39, 0.29) is 0 Å². The first-order chi connectivity index (χ1) is 8.96. The van der Waals surface area contributed by atoms with Gasteiger partial charge in [-0.25, -0.2) is 0 Å². The summed E-state index contributed by atoms with van der Waals surface area (Å²) in [6, 6.07) is 9.44. The Morgan fingerprint density at radius 3 is 2.95 bits per heavy atom. The van der Waals surface area contributed by atoms with Crippen LogP contribution in [0.1, 0.15) is 26.3 Å². The highest BCUT2D eigenvalue weighted by atomic mass is 16.8. The average molecular weight is 259 g/mol. The van der Waals surface area contributed by atoms with Crippen molar-refractivity contribution in [1.82, 2.24) is 10.3 Å². The van der Waals surface area contributed by atoms with Crippen molar-refractivity contribution in [1.29, 1.82) is 0 Å². The monoisotopic (exact) mass is 259 g/mol. The summed E-state index contributed by atoms with van der Waals surface area (Å²) in [5.41, 5.74) is 1.88. The van der Waals surface area contributed by atoms with E-state index in [1.54, 1.807) is 0 Å². The summed E-state index contributed by atoms with van der Waals surface area (Å²) in [5.74, 6) is -0.514. The van der Waals surface area contributed by atoms with E-state index in [4.69, 9.17) is 9.47 Å². The van der Waals surface area contributed by atoms with Crippen LogP contribution in [0.5, 0.6) is 0 Å². The molecule has 2 aromatic rings. The van der Waals surface area contributed by atoms with Gasteiger partial charge in [-0.05, 0) is 32.4 Å². The number of hydrogen-bond acceptors (Lipinski definition) is 3. The molecule has 1 aromatic carbocycles. The van der Waals surface area contributed by atoms with Crippen LogP contribution in [0.3, 0.4) is 0 Å². The van der Waals surface area contributed by atoms with Crippen LogP contribution in [0.15, 0.2) is 24.4 Å². The van der Waals surface area contributed by atoms with Crippen LogP contribution >= 0.6 is 0 Å². The summed E-state index contributed by atoms with van der Waals surface area (Å²) in [5, 5.41) is 4.52. The summed E-state index contributed by atoms with van der Waals surface area (Å²) in [6.07, 6.45) is 1.83. The maximum Gasteiger partial charge on any atom is 0.165 e. The summed E-state index contributed by atoms with van der Waals surface area (Å²) in [6.45, 7) is 7.17. The Morgan fingerprint density at radius 1 is 1.37 bits per heavy atom. The van der Waals surface area contributed by atoms with Gasteiger partial charge in [0, 0.05) is 29.7 Å². The topological polar surface area (TPSA) is 46.3 Å². The average Bonchev–Trinajstić information content (AvgIpc) is 2.91. The van der Waals surface area contributed by atoms with Crippen molar-refractivity contribution in [3.63, 3.8) is 0 Å². The number of H-pyrrole nitrogens is 1. The predicted octanol–water partition coefficient (Wildman–Crippen LogP) is 2.56. The molecule has 1 aliphatic heterocycles. The second-order valence-corrected chi connectivity index (χ2v) is 5.69. The van der Waals surface area contributed by atoms with Gasteiger partial charge in [0.15, 0.2) is 5.79 Å². The number of nitrogens with one attached hydrogen (secondary N) is 2. The van der Waals surface area contributed by atoms with E-state index >= 15 is 0 Å². The minimum Gasteiger partial charge on any atom is -0.361 e. The molecule has 1 unspecified atom stereocenters. The third-order valence-electron chi connectivity index (χ3n) is 3.37. The van der Waals surface area contributed by atoms with Gasteiger partial charge in [-0.3, -0.25) is 5.32 Å². The maximum absolute atomic E-state index is 5.88. The van der Waals surface area contributed by atoms with E-state index in [1.165, 1.54) is 5.56 Å². The van der Waals surface area contributed by atoms with Crippen molar-refractivity contribution in [3.05, 3.63) is 36.0 Å². The molecular weight excluding hydrogens is 240 g/mol. The standard InChI is InChI=1S/C15H19N2O2/c1-14(2)18-10-15(3,19-14)17-9-11-4-5-12-6-7-16-13(12)8-11/h4-5,7-8,16-17H,9-10H2,1-3H3. The van der Waals surface area contributed by atoms with Gasteiger partial charge in [-0.2, -0.15) is 0 Å². The highest BCUT2D eigenvalue weighted by Gasteiger charge is 2.41. The zero-order chi connectivity index (χ0) is 13.5. The molecule has 1 saturated heterocycles. The first kappa shape index (κ1) is 12.7. The van der Waals surface area contributed by atoms with E-state index in [2.05, 4.69) is 34.6 Å². The lowest BCUT2D eigenvalue weighted by Gasteiger charge is -2.26. The second kappa shape index (κ2) is 4.34. The van der Waals surface area contributed by atoms with E-state index in [0.717, 1.165) is 17.4 Å². The molecule has 1 fully saturated rings. The largest absolute Gasteiger partial charge is 0.361 e. The van der Waals surface area contributed by atoms with Crippen LogP contribution in [0.4, 0.5) is 0 Å². The Balaban J connectivity index is 1.69. The fourth-order valence-corrected chi connectivity index (χ4v) is 2.43. The van der Waals surface area contributed by atoms with Crippen molar-refractivity contribution in [2.75, 3.05) is 6.61 Å². The molecule has 0 amide bonds. The maximum atomic E-state index is 5.88. The summed E-state index contributed by atoms with van der Waals surface area (Å²) >= 11 is 0. The van der Waals surface area contributed by atoms with Gasteiger partial charge in [0.25, 0.3) is 0 Å². The Morgan fingerprint density at radius 2 is 2.21 bits per heavy atom. The minimum absolute atomic E-state index is 0.430. The molecule has 1 aliphatic rings. The summed E-state index contributed by atoms with van der Waals surface area (Å²) in [7, 11) is 0. The van der Waals surface area contributed by atoms with Crippen molar-refractivity contribution in [3.8, 4) is 0 Å². The Kier molecular flexibility index (Phi) is 2.89. The number of rotatable bonds is 3. The number of fused-ring (bicyclic) bond motifs is 1. The molecule has 0 saturated carbocycles. The molecule has 1 radical (unpaired) electrons. The lowest BCUT2D eigenvalue weighted by atomic mass is 10.1. The van der Waals surface area contributed by atoms with E-state index < -0.39 is 11.5 Å². The first-order valence-corrected chi connectivity index (χ1v) is 6.53. The lowest BCUT2D eigenvalue weighted by Crippen LogP contribution is -2.45. The molecule has 4 heteroatoms. The number of aromatic amines is 1. The van der Waals surface area contributed by atoms with Gasteiger partial charge in [-0.1, -0.05) is 12.1 Å². The zero-order valence-electron chi connectivity index (χ0n) is 11.5. The molecule has 0 bridgehead atoms. The normalized spacial score (nSPS) is 26.1. The van der Waals surface area contributed by atoms with Crippen LogP contribution in [0.2, 0.25) is 0 Å². The molecule has 4 nitrogen and oxygen atoms in total. The highest BCUT2D eigenvalue weighted by molar-refractivity contribution is 5.79. The van der Waals surface area contributed by atoms with E-state index in [0.29, 0.717) is 6.61 Å². The molecular formula is C15H19N2O2. The molecule has 1 aromatic heterocycles. The van der Waals surface area contributed by atoms with Gasteiger partial charge < -0.3 is 14.5 Å². The minimum atomic E-state index is -0.514. The molecule has 19 heavy (non-hydrogen) atoms. The van der Waals surface area contributed by atoms with E-state index in [1.807, 2.05) is 27.0 Å². The van der Waals surface area contributed by atoms with Gasteiger partial charge in [0.2, 0.25) is 0 Å². The molecule has 3 rings (SSSR count). The fourth-order valence-electron chi connectivity index (χ4n) is 2.43. The number of benzene rings is 1. The van der Waals surface area contributed by atoms with Crippen LogP contribution in [0.25, 0.3) is 10.9 Å². The molecule has 1 atom stereocenters. The third kappa shape index (κ3) is 2.66. The Hall–Kier alpha value is -1.36.